The first-order valence-electron chi connectivity index (χ1n) is 6.74. The normalized spacial score (nSPS) is 10.1. The quantitative estimate of drug-likeness (QED) is 0.885. The number of aliphatic carboxylic acids is 1. The molecule has 1 N–H and O–H groups in total. The maximum Gasteiger partial charge on any atom is 0.307 e. The summed E-state index contributed by atoms with van der Waals surface area (Å²) >= 11 is 0. The molecule has 0 aliphatic carbocycles. The molecular weight excluding hydrogens is 284 g/mol. The number of carboxylic acids is 1. The molecule has 0 saturated heterocycles. The van der Waals surface area contributed by atoms with Crippen LogP contribution in [-0.2, 0) is 11.2 Å². The van der Waals surface area contributed by atoms with Crippen molar-refractivity contribution in [2.24, 2.45) is 0 Å². The standard InChI is InChI=1S/C17H18O5/c1-11-5-4-6-16(15(11)10-17(18)19)22-14-8-12(20-2)7-13(9-14)21-3/h4-9H,10H2,1-3H3,(H,18,19). The van der Waals surface area contributed by atoms with Crippen molar-refractivity contribution in [2.75, 3.05) is 14.2 Å². The Bertz CT molecular complexity index is 656. The van der Waals surface area contributed by atoms with E-state index < -0.39 is 5.97 Å². The average molecular weight is 302 g/mol. The average Bonchev–Trinajstić information content (AvgIpc) is 2.50. The lowest BCUT2D eigenvalue weighted by Crippen LogP contribution is -2.04. The summed E-state index contributed by atoms with van der Waals surface area (Å²) in [6.07, 6.45) is -0.0941. The Morgan fingerprint density at radius 1 is 1.05 bits per heavy atom. The molecule has 0 radical (unpaired) electrons. The molecule has 116 valence electrons. The molecule has 0 aromatic heterocycles. The van der Waals surface area contributed by atoms with Gasteiger partial charge in [0.15, 0.2) is 0 Å². The molecule has 0 bridgehead atoms. The molecule has 0 amide bonds. The minimum Gasteiger partial charge on any atom is -0.496 e. The van der Waals surface area contributed by atoms with Crippen molar-refractivity contribution in [2.45, 2.75) is 13.3 Å². The van der Waals surface area contributed by atoms with E-state index >= 15 is 0 Å². The molecule has 0 aliphatic heterocycles. The van der Waals surface area contributed by atoms with E-state index in [1.54, 1.807) is 38.5 Å². The number of benzene rings is 2. The number of methoxy groups -OCH3 is 2. The van der Waals surface area contributed by atoms with Gasteiger partial charge in [-0.1, -0.05) is 12.1 Å². The fourth-order valence-corrected chi connectivity index (χ4v) is 2.12. The smallest absolute Gasteiger partial charge is 0.307 e. The van der Waals surface area contributed by atoms with Gasteiger partial charge in [0.05, 0.1) is 20.6 Å². The molecule has 0 saturated carbocycles. The van der Waals surface area contributed by atoms with Gasteiger partial charge in [-0.25, -0.2) is 0 Å². The lowest BCUT2D eigenvalue weighted by atomic mass is 10.0. The van der Waals surface area contributed by atoms with E-state index in [1.807, 2.05) is 19.1 Å². The summed E-state index contributed by atoms with van der Waals surface area (Å²) in [5.74, 6) is 1.33. The minimum atomic E-state index is -0.901. The Morgan fingerprint density at radius 2 is 1.64 bits per heavy atom. The van der Waals surface area contributed by atoms with E-state index in [9.17, 15) is 4.79 Å². The molecule has 22 heavy (non-hydrogen) atoms. The second-order valence-electron chi connectivity index (χ2n) is 4.77. The monoisotopic (exact) mass is 302 g/mol. The van der Waals surface area contributed by atoms with Crippen LogP contribution < -0.4 is 14.2 Å². The molecule has 0 heterocycles. The van der Waals surface area contributed by atoms with Gasteiger partial charge in [-0.05, 0) is 18.6 Å². The predicted octanol–water partition coefficient (Wildman–Crippen LogP) is 3.43. The van der Waals surface area contributed by atoms with Gasteiger partial charge in [0.1, 0.15) is 23.0 Å². The highest BCUT2D eigenvalue weighted by Gasteiger charge is 2.12. The summed E-state index contributed by atoms with van der Waals surface area (Å²) in [7, 11) is 3.11. The fraction of sp³-hybridized carbons (Fsp3) is 0.235. The third kappa shape index (κ3) is 3.69. The van der Waals surface area contributed by atoms with Crippen LogP contribution >= 0.6 is 0 Å². The molecule has 0 spiro atoms. The molecule has 0 aliphatic rings. The van der Waals surface area contributed by atoms with Crippen molar-refractivity contribution in [3.63, 3.8) is 0 Å². The molecule has 5 heteroatoms. The first kappa shape index (κ1) is 15.7. The maximum atomic E-state index is 11.0. The number of hydrogen-bond acceptors (Lipinski definition) is 4. The minimum absolute atomic E-state index is 0.0941. The highest BCUT2D eigenvalue weighted by molar-refractivity contribution is 5.72. The molecule has 0 fully saturated rings. The van der Waals surface area contributed by atoms with Crippen LogP contribution in [0.5, 0.6) is 23.0 Å². The Hall–Kier alpha value is -2.69. The summed E-state index contributed by atoms with van der Waals surface area (Å²) in [6.45, 7) is 1.86. The Kier molecular flexibility index (Phi) is 4.88. The van der Waals surface area contributed by atoms with Crippen LogP contribution in [0.4, 0.5) is 0 Å². The summed E-state index contributed by atoms with van der Waals surface area (Å²) in [5, 5.41) is 9.05. The number of aryl methyl sites for hydroxylation is 1. The fourth-order valence-electron chi connectivity index (χ4n) is 2.12. The lowest BCUT2D eigenvalue weighted by molar-refractivity contribution is -0.136. The molecule has 2 rings (SSSR count). The van der Waals surface area contributed by atoms with Gasteiger partial charge in [-0.3, -0.25) is 4.79 Å². The van der Waals surface area contributed by atoms with Crippen LogP contribution in [0.1, 0.15) is 11.1 Å². The van der Waals surface area contributed by atoms with Crippen molar-refractivity contribution in [3.8, 4) is 23.0 Å². The largest absolute Gasteiger partial charge is 0.496 e. The van der Waals surface area contributed by atoms with Crippen LogP contribution in [0.15, 0.2) is 36.4 Å². The van der Waals surface area contributed by atoms with Gasteiger partial charge in [0, 0.05) is 23.8 Å². The zero-order valence-electron chi connectivity index (χ0n) is 12.8. The van der Waals surface area contributed by atoms with E-state index in [0.717, 1.165) is 5.56 Å². The Morgan fingerprint density at radius 3 is 2.18 bits per heavy atom. The first-order valence-corrected chi connectivity index (χ1v) is 6.74. The van der Waals surface area contributed by atoms with Gasteiger partial charge in [0.2, 0.25) is 0 Å². The third-order valence-corrected chi connectivity index (χ3v) is 3.25. The maximum absolute atomic E-state index is 11.0. The zero-order chi connectivity index (χ0) is 16.1. The van der Waals surface area contributed by atoms with E-state index in [2.05, 4.69) is 0 Å². The van der Waals surface area contributed by atoms with Crippen LogP contribution in [0.25, 0.3) is 0 Å². The van der Waals surface area contributed by atoms with Crippen molar-refractivity contribution in [1.29, 1.82) is 0 Å². The highest BCUT2D eigenvalue weighted by atomic mass is 16.5. The van der Waals surface area contributed by atoms with Crippen molar-refractivity contribution < 1.29 is 24.1 Å². The second kappa shape index (κ2) is 6.85. The zero-order valence-corrected chi connectivity index (χ0v) is 12.8. The number of carboxylic acid groups (broad SMARTS) is 1. The molecule has 0 atom stereocenters. The second-order valence-corrected chi connectivity index (χ2v) is 4.77. The summed E-state index contributed by atoms with van der Waals surface area (Å²) in [6, 6.07) is 10.6. The molecule has 2 aromatic rings. The van der Waals surface area contributed by atoms with Crippen LogP contribution in [0.2, 0.25) is 0 Å². The van der Waals surface area contributed by atoms with Crippen LogP contribution in [0, 0.1) is 6.92 Å². The van der Waals surface area contributed by atoms with Crippen molar-refractivity contribution in [1.82, 2.24) is 0 Å². The molecule has 0 unspecified atom stereocenters. The molecular formula is C17H18O5. The summed E-state index contributed by atoms with van der Waals surface area (Å²) in [4.78, 5) is 11.0. The van der Waals surface area contributed by atoms with Gasteiger partial charge < -0.3 is 19.3 Å². The van der Waals surface area contributed by atoms with Crippen LogP contribution in [0.3, 0.4) is 0 Å². The van der Waals surface area contributed by atoms with E-state index in [4.69, 9.17) is 19.3 Å². The number of ether oxygens (including phenoxy) is 3. The Labute approximate surface area is 129 Å². The first-order chi connectivity index (χ1) is 10.5. The molecule has 2 aromatic carbocycles. The van der Waals surface area contributed by atoms with Gasteiger partial charge in [0.25, 0.3) is 0 Å². The van der Waals surface area contributed by atoms with E-state index in [-0.39, 0.29) is 6.42 Å². The lowest BCUT2D eigenvalue weighted by Gasteiger charge is -2.14. The van der Waals surface area contributed by atoms with Crippen molar-refractivity contribution in [3.05, 3.63) is 47.5 Å². The highest BCUT2D eigenvalue weighted by Crippen LogP contribution is 2.33. The molecule has 5 nitrogen and oxygen atoms in total. The van der Waals surface area contributed by atoms with Crippen molar-refractivity contribution >= 4 is 5.97 Å². The van der Waals surface area contributed by atoms with Crippen LogP contribution in [-0.4, -0.2) is 25.3 Å². The van der Waals surface area contributed by atoms with Gasteiger partial charge in [-0.15, -0.1) is 0 Å². The van der Waals surface area contributed by atoms with Gasteiger partial charge in [-0.2, -0.15) is 0 Å². The SMILES string of the molecule is COc1cc(OC)cc(Oc2cccc(C)c2CC(=O)O)c1. The van der Waals surface area contributed by atoms with E-state index in [1.165, 1.54) is 0 Å². The topological polar surface area (TPSA) is 65.0 Å². The Balaban J connectivity index is 2.38. The summed E-state index contributed by atoms with van der Waals surface area (Å²) in [5.41, 5.74) is 1.52. The number of carbonyl (C=O) groups is 1. The third-order valence-electron chi connectivity index (χ3n) is 3.25. The number of hydrogen-bond donors (Lipinski definition) is 1. The van der Waals surface area contributed by atoms with E-state index in [0.29, 0.717) is 28.6 Å². The predicted molar refractivity (Wildman–Crippen MR) is 82.1 cm³/mol. The number of rotatable bonds is 6. The summed E-state index contributed by atoms with van der Waals surface area (Å²) < 4.78 is 16.3. The van der Waals surface area contributed by atoms with Gasteiger partial charge >= 0.3 is 5.97 Å².